The van der Waals surface area contributed by atoms with E-state index < -0.39 is 5.91 Å². The van der Waals surface area contributed by atoms with Crippen LogP contribution >= 0.6 is 15.9 Å². The molecule has 0 spiro atoms. The Kier molecular flexibility index (Phi) is 4.80. The summed E-state index contributed by atoms with van der Waals surface area (Å²) in [5, 5.41) is 2.80. The van der Waals surface area contributed by atoms with Gasteiger partial charge in [0.25, 0.3) is 5.91 Å². The predicted molar refractivity (Wildman–Crippen MR) is 83.6 cm³/mol. The number of pyridine rings is 1. The first-order valence-corrected chi connectivity index (χ1v) is 7.13. The van der Waals surface area contributed by atoms with Gasteiger partial charge in [-0.2, -0.15) is 0 Å². The lowest BCUT2D eigenvalue weighted by Crippen LogP contribution is -2.30. The van der Waals surface area contributed by atoms with Gasteiger partial charge in [0, 0.05) is 18.5 Å². The minimum Gasteiger partial charge on any atom is -0.496 e. The molecule has 2 rings (SSSR count). The molecule has 0 saturated carbocycles. The highest BCUT2D eigenvalue weighted by molar-refractivity contribution is 9.10. The number of ether oxygens (including phenoxy) is 1. The highest BCUT2D eigenvalue weighted by Crippen LogP contribution is 2.27. The van der Waals surface area contributed by atoms with E-state index in [-0.39, 0.29) is 17.0 Å². The number of halogens is 1. The maximum absolute atomic E-state index is 12.1. The number of methoxy groups -OCH3 is 1. The van der Waals surface area contributed by atoms with Crippen LogP contribution in [0.25, 0.3) is 0 Å². The molecule has 0 aliphatic heterocycles. The molecule has 0 radical (unpaired) electrons. The van der Waals surface area contributed by atoms with Gasteiger partial charge in [-0.3, -0.25) is 9.59 Å². The fourth-order valence-corrected chi connectivity index (χ4v) is 2.46. The van der Waals surface area contributed by atoms with E-state index >= 15 is 0 Å². The van der Waals surface area contributed by atoms with Crippen LogP contribution in [0.15, 0.2) is 45.9 Å². The zero-order valence-electron chi connectivity index (χ0n) is 11.6. The minimum atomic E-state index is -0.406. The van der Waals surface area contributed by atoms with Crippen LogP contribution < -0.4 is 15.5 Å². The molecule has 1 heterocycles. The number of nitrogens with one attached hydrogen (secondary N) is 2. The van der Waals surface area contributed by atoms with Crippen LogP contribution in [0, 0.1) is 0 Å². The molecule has 2 N–H and O–H groups in total. The molecule has 2 aromatic rings. The molecule has 0 saturated heterocycles. The van der Waals surface area contributed by atoms with E-state index in [1.54, 1.807) is 7.11 Å². The Labute approximate surface area is 130 Å². The number of amides is 1. The average Bonchev–Trinajstić information content (AvgIpc) is 2.47. The van der Waals surface area contributed by atoms with Crippen molar-refractivity contribution in [1.29, 1.82) is 0 Å². The second-order valence-corrected chi connectivity index (χ2v) is 5.37. The first-order chi connectivity index (χ1) is 10.0. The molecule has 6 heteroatoms. The van der Waals surface area contributed by atoms with E-state index in [0.717, 1.165) is 15.8 Å². The molecule has 1 aromatic heterocycles. The summed E-state index contributed by atoms with van der Waals surface area (Å²) in [5.74, 6) is 0.313. The first kappa shape index (κ1) is 15.3. The van der Waals surface area contributed by atoms with Crippen molar-refractivity contribution in [3.63, 3.8) is 0 Å². The van der Waals surface area contributed by atoms with Gasteiger partial charge in [0.2, 0.25) is 0 Å². The van der Waals surface area contributed by atoms with Crippen molar-refractivity contribution in [1.82, 2.24) is 10.3 Å². The average molecular weight is 351 g/mol. The van der Waals surface area contributed by atoms with Crippen LogP contribution in [0.3, 0.4) is 0 Å². The van der Waals surface area contributed by atoms with E-state index in [9.17, 15) is 9.59 Å². The molecule has 5 nitrogen and oxygen atoms in total. The van der Waals surface area contributed by atoms with Crippen LogP contribution in [-0.2, 0) is 0 Å². The number of carbonyl (C=O) groups is 1. The van der Waals surface area contributed by atoms with Gasteiger partial charge in [0.15, 0.2) is 5.43 Å². The molecule has 0 aliphatic carbocycles. The fraction of sp³-hybridized carbons (Fsp3) is 0.200. The number of hydrogen-bond donors (Lipinski definition) is 2. The predicted octanol–water partition coefficient (Wildman–Crippen LogP) is 2.64. The third-order valence-electron chi connectivity index (χ3n) is 3.09. The molecule has 21 heavy (non-hydrogen) atoms. The van der Waals surface area contributed by atoms with Gasteiger partial charge in [0.05, 0.1) is 17.6 Å². The Morgan fingerprint density at radius 1 is 1.38 bits per heavy atom. The van der Waals surface area contributed by atoms with E-state index in [1.807, 2.05) is 25.1 Å². The molecule has 1 amide bonds. The van der Waals surface area contributed by atoms with Gasteiger partial charge in [-0.05, 0) is 40.5 Å². The minimum absolute atomic E-state index is 0.0944. The number of aromatic amines is 1. The number of hydrogen-bond acceptors (Lipinski definition) is 3. The van der Waals surface area contributed by atoms with Gasteiger partial charge in [-0.25, -0.2) is 0 Å². The molecular weight excluding hydrogens is 336 g/mol. The highest BCUT2D eigenvalue weighted by atomic mass is 79.9. The Balaban J connectivity index is 2.16. The van der Waals surface area contributed by atoms with Crippen molar-refractivity contribution in [3.8, 4) is 5.75 Å². The summed E-state index contributed by atoms with van der Waals surface area (Å²) in [5.41, 5.74) is 0.690. The maximum atomic E-state index is 12.1. The molecule has 0 bridgehead atoms. The largest absolute Gasteiger partial charge is 0.496 e. The van der Waals surface area contributed by atoms with Gasteiger partial charge < -0.3 is 15.0 Å². The Hall–Kier alpha value is -2.08. The van der Waals surface area contributed by atoms with Crippen LogP contribution in [-0.4, -0.2) is 18.0 Å². The van der Waals surface area contributed by atoms with Crippen molar-refractivity contribution in [2.45, 2.75) is 13.0 Å². The normalized spacial score (nSPS) is 11.8. The van der Waals surface area contributed by atoms with Crippen molar-refractivity contribution in [2.75, 3.05) is 7.11 Å². The van der Waals surface area contributed by atoms with Crippen molar-refractivity contribution < 1.29 is 9.53 Å². The second kappa shape index (κ2) is 6.58. The number of carbonyl (C=O) groups excluding carboxylic acids is 1. The van der Waals surface area contributed by atoms with Gasteiger partial charge in [-0.1, -0.05) is 6.07 Å². The zero-order valence-corrected chi connectivity index (χ0v) is 13.2. The number of benzene rings is 1. The molecule has 1 unspecified atom stereocenters. The molecular formula is C15H15BrN2O3. The van der Waals surface area contributed by atoms with Gasteiger partial charge in [0.1, 0.15) is 11.3 Å². The summed E-state index contributed by atoms with van der Waals surface area (Å²) in [6, 6.07) is 6.64. The summed E-state index contributed by atoms with van der Waals surface area (Å²) in [6.45, 7) is 1.85. The summed E-state index contributed by atoms with van der Waals surface area (Å²) in [4.78, 5) is 26.4. The first-order valence-electron chi connectivity index (χ1n) is 6.34. The Bertz CT molecular complexity index is 712. The van der Waals surface area contributed by atoms with Crippen LogP contribution in [0.1, 0.15) is 28.9 Å². The molecule has 110 valence electrons. The highest BCUT2D eigenvalue weighted by Gasteiger charge is 2.14. The standard InChI is InChI=1S/C15H15BrN2O3/c1-9(10-3-4-14(21-2)12(16)7-10)18-15(20)11-8-17-6-5-13(11)19/h3-9H,1-2H3,(H,17,19)(H,18,20). The zero-order chi connectivity index (χ0) is 15.4. The summed E-state index contributed by atoms with van der Waals surface area (Å²) >= 11 is 3.41. The topological polar surface area (TPSA) is 71.2 Å². The lowest BCUT2D eigenvalue weighted by molar-refractivity contribution is 0.0938. The van der Waals surface area contributed by atoms with Crippen molar-refractivity contribution in [3.05, 3.63) is 62.5 Å². The van der Waals surface area contributed by atoms with Crippen LogP contribution in [0.5, 0.6) is 5.75 Å². The third-order valence-corrected chi connectivity index (χ3v) is 3.71. The lowest BCUT2D eigenvalue weighted by Gasteiger charge is -2.15. The van der Waals surface area contributed by atoms with Gasteiger partial charge in [-0.15, -0.1) is 0 Å². The van der Waals surface area contributed by atoms with Gasteiger partial charge >= 0.3 is 0 Å². The SMILES string of the molecule is COc1ccc(C(C)NC(=O)c2c[nH]ccc2=O)cc1Br. The van der Waals surface area contributed by atoms with E-state index in [2.05, 4.69) is 26.2 Å². The smallest absolute Gasteiger partial charge is 0.257 e. The van der Waals surface area contributed by atoms with E-state index in [1.165, 1.54) is 18.5 Å². The second-order valence-electron chi connectivity index (χ2n) is 4.51. The Morgan fingerprint density at radius 3 is 2.76 bits per heavy atom. The van der Waals surface area contributed by atoms with Crippen molar-refractivity contribution in [2.24, 2.45) is 0 Å². The fourth-order valence-electron chi connectivity index (χ4n) is 1.90. The third kappa shape index (κ3) is 3.52. The van der Waals surface area contributed by atoms with Crippen LogP contribution in [0.4, 0.5) is 0 Å². The number of rotatable bonds is 4. The van der Waals surface area contributed by atoms with E-state index in [4.69, 9.17) is 4.74 Å². The molecule has 1 aromatic carbocycles. The summed E-state index contributed by atoms with van der Waals surface area (Å²) < 4.78 is 5.97. The molecule has 0 fully saturated rings. The quantitative estimate of drug-likeness (QED) is 0.890. The number of aromatic nitrogens is 1. The Morgan fingerprint density at radius 2 is 2.14 bits per heavy atom. The lowest BCUT2D eigenvalue weighted by atomic mass is 10.1. The van der Waals surface area contributed by atoms with Crippen molar-refractivity contribution >= 4 is 21.8 Å². The monoisotopic (exact) mass is 350 g/mol. The summed E-state index contributed by atoms with van der Waals surface area (Å²) in [6.07, 6.45) is 2.89. The number of H-pyrrole nitrogens is 1. The maximum Gasteiger partial charge on any atom is 0.257 e. The summed E-state index contributed by atoms with van der Waals surface area (Å²) in [7, 11) is 1.59. The molecule has 1 atom stereocenters. The van der Waals surface area contributed by atoms with E-state index in [0.29, 0.717) is 0 Å². The van der Waals surface area contributed by atoms with Crippen LogP contribution in [0.2, 0.25) is 0 Å². The molecule has 0 aliphatic rings.